The van der Waals surface area contributed by atoms with Gasteiger partial charge in [-0.3, -0.25) is 0 Å². The second-order valence-electron chi connectivity index (χ2n) is 6.11. The molecule has 0 radical (unpaired) electrons. The molecule has 0 aromatic heterocycles. The fraction of sp³-hybridized carbons (Fsp3) is 0.600. The van der Waals surface area contributed by atoms with Crippen LogP contribution in [0.3, 0.4) is 0 Å². The molecule has 1 fully saturated rings. The van der Waals surface area contributed by atoms with Gasteiger partial charge in [0, 0.05) is 11.5 Å². The van der Waals surface area contributed by atoms with Gasteiger partial charge in [-0.1, -0.05) is 51.1 Å². The maximum atomic E-state index is 3.54. The van der Waals surface area contributed by atoms with Crippen molar-refractivity contribution in [3.8, 4) is 0 Å². The predicted octanol–water partition coefficient (Wildman–Crippen LogP) is 3.35. The summed E-state index contributed by atoms with van der Waals surface area (Å²) in [6.07, 6.45) is 2.64. The molecule has 1 nitrogen and oxygen atoms in total. The van der Waals surface area contributed by atoms with Gasteiger partial charge < -0.3 is 5.32 Å². The Balaban J connectivity index is 2.32. The van der Waals surface area contributed by atoms with Crippen LogP contribution in [0.15, 0.2) is 30.3 Å². The minimum absolute atomic E-state index is 0.307. The number of hydrogen-bond acceptors (Lipinski definition) is 1. The SMILES string of the molecule is CNC(C(C)(C)C)C1(c2ccccc2)CC1. The van der Waals surface area contributed by atoms with Crippen LogP contribution in [-0.4, -0.2) is 13.1 Å². The van der Waals surface area contributed by atoms with Crippen LogP contribution < -0.4 is 5.32 Å². The molecule has 1 unspecified atom stereocenters. The number of benzene rings is 1. The predicted molar refractivity (Wildman–Crippen MR) is 69.7 cm³/mol. The lowest BCUT2D eigenvalue weighted by Gasteiger charge is -2.38. The number of nitrogens with one attached hydrogen (secondary N) is 1. The van der Waals surface area contributed by atoms with Gasteiger partial charge in [-0.15, -0.1) is 0 Å². The lowest BCUT2D eigenvalue weighted by Crippen LogP contribution is -2.47. The average molecular weight is 217 g/mol. The third-order valence-corrected chi connectivity index (χ3v) is 3.84. The number of hydrogen-bond donors (Lipinski definition) is 1. The molecule has 0 aliphatic heterocycles. The van der Waals surface area contributed by atoms with Crippen molar-refractivity contribution in [1.82, 2.24) is 5.32 Å². The van der Waals surface area contributed by atoms with Crippen molar-refractivity contribution < 1.29 is 0 Å². The monoisotopic (exact) mass is 217 g/mol. The summed E-state index contributed by atoms with van der Waals surface area (Å²) in [6.45, 7) is 6.99. The van der Waals surface area contributed by atoms with Crippen molar-refractivity contribution in [2.45, 2.75) is 45.1 Å². The van der Waals surface area contributed by atoms with E-state index in [1.807, 2.05) is 0 Å². The molecule has 16 heavy (non-hydrogen) atoms. The normalized spacial score (nSPS) is 20.5. The van der Waals surface area contributed by atoms with E-state index in [-0.39, 0.29) is 0 Å². The molecule has 0 amide bonds. The van der Waals surface area contributed by atoms with E-state index >= 15 is 0 Å². The minimum atomic E-state index is 0.307. The van der Waals surface area contributed by atoms with Gasteiger partial charge in [0.25, 0.3) is 0 Å². The van der Waals surface area contributed by atoms with E-state index in [9.17, 15) is 0 Å². The molecule has 1 aliphatic carbocycles. The number of likely N-dealkylation sites (N-methyl/N-ethyl adjacent to an activating group) is 1. The summed E-state index contributed by atoms with van der Waals surface area (Å²) >= 11 is 0. The van der Waals surface area contributed by atoms with E-state index < -0.39 is 0 Å². The lowest BCUT2D eigenvalue weighted by molar-refractivity contribution is 0.231. The molecular formula is C15H23N. The summed E-state index contributed by atoms with van der Waals surface area (Å²) < 4.78 is 0. The first kappa shape index (κ1) is 11.7. The third-order valence-electron chi connectivity index (χ3n) is 3.84. The highest BCUT2D eigenvalue weighted by atomic mass is 14.9. The van der Waals surface area contributed by atoms with E-state index in [1.54, 1.807) is 0 Å². The molecule has 0 spiro atoms. The Morgan fingerprint density at radius 3 is 2.06 bits per heavy atom. The Labute approximate surface area is 99.3 Å². The van der Waals surface area contributed by atoms with Crippen molar-refractivity contribution >= 4 is 0 Å². The standard InChI is InChI=1S/C15H23N/c1-14(2,3)13(16-4)15(10-11-15)12-8-6-5-7-9-12/h5-9,13,16H,10-11H2,1-4H3. The van der Waals surface area contributed by atoms with Crippen molar-refractivity contribution in [3.05, 3.63) is 35.9 Å². The maximum Gasteiger partial charge on any atom is 0.0209 e. The van der Waals surface area contributed by atoms with Crippen LogP contribution in [0.2, 0.25) is 0 Å². The van der Waals surface area contributed by atoms with E-state index in [1.165, 1.54) is 18.4 Å². The van der Waals surface area contributed by atoms with Crippen LogP contribution in [0.25, 0.3) is 0 Å². The zero-order chi connectivity index (χ0) is 11.8. The molecule has 1 heteroatoms. The van der Waals surface area contributed by atoms with Crippen LogP contribution in [0.4, 0.5) is 0 Å². The molecule has 1 N–H and O–H groups in total. The molecule has 1 saturated carbocycles. The summed E-state index contributed by atoms with van der Waals surface area (Å²) in [5.41, 5.74) is 2.19. The van der Waals surface area contributed by atoms with Gasteiger partial charge in [0.15, 0.2) is 0 Å². The molecule has 1 aromatic rings. The maximum absolute atomic E-state index is 3.54. The molecule has 1 aromatic carbocycles. The summed E-state index contributed by atoms with van der Waals surface area (Å²) in [4.78, 5) is 0. The van der Waals surface area contributed by atoms with Gasteiger partial charge in [-0.25, -0.2) is 0 Å². The molecule has 0 heterocycles. The summed E-state index contributed by atoms with van der Waals surface area (Å²) in [6, 6.07) is 11.5. The number of rotatable bonds is 3. The highest BCUT2D eigenvalue weighted by molar-refractivity contribution is 5.34. The fourth-order valence-electron chi connectivity index (χ4n) is 3.19. The second kappa shape index (κ2) is 3.89. The molecular weight excluding hydrogens is 194 g/mol. The van der Waals surface area contributed by atoms with Gasteiger partial charge >= 0.3 is 0 Å². The first-order valence-electron chi connectivity index (χ1n) is 6.23. The quantitative estimate of drug-likeness (QED) is 0.818. The van der Waals surface area contributed by atoms with Gasteiger partial charge in [0.2, 0.25) is 0 Å². The van der Waals surface area contributed by atoms with Gasteiger partial charge in [-0.05, 0) is 30.9 Å². The summed E-state index contributed by atoms with van der Waals surface area (Å²) in [7, 11) is 2.10. The van der Waals surface area contributed by atoms with Crippen LogP contribution in [0, 0.1) is 5.41 Å². The Morgan fingerprint density at radius 2 is 1.69 bits per heavy atom. The lowest BCUT2D eigenvalue weighted by atomic mass is 9.74. The Bertz CT molecular complexity index is 343. The topological polar surface area (TPSA) is 12.0 Å². The molecule has 1 aliphatic rings. The van der Waals surface area contributed by atoms with E-state index in [2.05, 4.69) is 63.5 Å². The molecule has 1 atom stereocenters. The van der Waals surface area contributed by atoms with Crippen LogP contribution in [0.1, 0.15) is 39.2 Å². The van der Waals surface area contributed by atoms with Crippen LogP contribution >= 0.6 is 0 Å². The Kier molecular flexibility index (Phi) is 2.83. The first-order valence-corrected chi connectivity index (χ1v) is 6.23. The third kappa shape index (κ3) is 1.89. The van der Waals surface area contributed by atoms with Crippen LogP contribution in [0.5, 0.6) is 0 Å². The van der Waals surface area contributed by atoms with Gasteiger partial charge in [0.05, 0.1) is 0 Å². The summed E-state index contributed by atoms with van der Waals surface area (Å²) in [5.74, 6) is 0. The van der Waals surface area contributed by atoms with E-state index in [4.69, 9.17) is 0 Å². The smallest absolute Gasteiger partial charge is 0.0209 e. The largest absolute Gasteiger partial charge is 0.316 e. The Morgan fingerprint density at radius 1 is 1.12 bits per heavy atom. The highest BCUT2D eigenvalue weighted by Crippen LogP contribution is 2.54. The molecule has 0 bridgehead atoms. The van der Waals surface area contributed by atoms with Crippen LogP contribution in [-0.2, 0) is 5.41 Å². The minimum Gasteiger partial charge on any atom is -0.316 e. The van der Waals surface area contributed by atoms with Gasteiger partial charge in [0.1, 0.15) is 0 Å². The highest BCUT2D eigenvalue weighted by Gasteiger charge is 2.53. The molecule has 2 rings (SSSR count). The van der Waals surface area contributed by atoms with Crippen molar-refractivity contribution in [2.24, 2.45) is 5.41 Å². The zero-order valence-corrected chi connectivity index (χ0v) is 10.9. The van der Waals surface area contributed by atoms with E-state index in [0.717, 1.165) is 0 Å². The van der Waals surface area contributed by atoms with Crippen molar-refractivity contribution in [1.29, 1.82) is 0 Å². The van der Waals surface area contributed by atoms with Gasteiger partial charge in [-0.2, -0.15) is 0 Å². The Hall–Kier alpha value is -0.820. The fourth-order valence-corrected chi connectivity index (χ4v) is 3.19. The second-order valence-corrected chi connectivity index (χ2v) is 6.11. The molecule has 0 saturated heterocycles. The first-order chi connectivity index (χ1) is 7.50. The zero-order valence-electron chi connectivity index (χ0n) is 10.9. The van der Waals surface area contributed by atoms with Crippen molar-refractivity contribution in [2.75, 3.05) is 7.05 Å². The van der Waals surface area contributed by atoms with E-state index in [0.29, 0.717) is 16.9 Å². The average Bonchev–Trinajstić information content (AvgIpc) is 3.00. The molecule has 88 valence electrons. The van der Waals surface area contributed by atoms with Crippen molar-refractivity contribution in [3.63, 3.8) is 0 Å². The summed E-state index contributed by atoms with van der Waals surface area (Å²) in [5, 5.41) is 3.54.